The standard InChI is InChI=1S/C13H20N2O4/c1-3-5-11(12(16)17)15-13(18)14-9(2)8-10-6-4-7-19-10/h4,6-7,9,11H,3,5,8H2,1-2H3,(H,16,17)(H2,14,15,18)/t9?,11-/m1/s1. The van der Waals surface area contributed by atoms with Gasteiger partial charge in [0, 0.05) is 12.5 Å². The minimum atomic E-state index is -1.02. The fourth-order valence-electron chi connectivity index (χ4n) is 1.75. The maximum atomic E-state index is 11.7. The summed E-state index contributed by atoms with van der Waals surface area (Å²) in [6.45, 7) is 3.70. The highest BCUT2D eigenvalue weighted by Gasteiger charge is 2.19. The SMILES string of the molecule is CCC[C@@H](NC(=O)NC(C)Cc1ccco1)C(=O)O. The van der Waals surface area contributed by atoms with Crippen LogP contribution in [0.2, 0.25) is 0 Å². The average Bonchev–Trinajstić information content (AvgIpc) is 2.80. The van der Waals surface area contributed by atoms with Crippen LogP contribution in [0.15, 0.2) is 22.8 Å². The van der Waals surface area contributed by atoms with Gasteiger partial charge in [-0.25, -0.2) is 9.59 Å². The van der Waals surface area contributed by atoms with Gasteiger partial charge in [0.25, 0.3) is 0 Å². The monoisotopic (exact) mass is 268 g/mol. The lowest BCUT2D eigenvalue weighted by Crippen LogP contribution is -2.48. The smallest absolute Gasteiger partial charge is 0.326 e. The van der Waals surface area contributed by atoms with Crippen molar-refractivity contribution in [3.8, 4) is 0 Å². The number of carboxylic acids is 1. The summed E-state index contributed by atoms with van der Waals surface area (Å²) in [5.41, 5.74) is 0. The highest BCUT2D eigenvalue weighted by molar-refractivity contribution is 5.82. The molecule has 0 aliphatic carbocycles. The topological polar surface area (TPSA) is 91.6 Å². The Morgan fingerprint density at radius 2 is 2.16 bits per heavy atom. The van der Waals surface area contributed by atoms with Gasteiger partial charge in [-0.1, -0.05) is 13.3 Å². The lowest BCUT2D eigenvalue weighted by Gasteiger charge is -2.17. The third-order valence-electron chi connectivity index (χ3n) is 2.65. The molecular weight excluding hydrogens is 248 g/mol. The van der Waals surface area contributed by atoms with Gasteiger partial charge >= 0.3 is 12.0 Å². The number of hydrogen-bond acceptors (Lipinski definition) is 3. The van der Waals surface area contributed by atoms with Gasteiger partial charge in [0.2, 0.25) is 0 Å². The van der Waals surface area contributed by atoms with Crippen LogP contribution in [0.5, 0.6) is 0 Å². The van der Waals surface area contributed by atoms with E-state index in [4.69, 9.17) is 9.52 Å². The van der Waals surface area contributed by atoms with Crippen molar-refractivity contribution >= 4 is 12.0 Å². The number of carbonyl (C=O) groups excluding carboxylic acids is 1. The average molecular weight is 268 g/mol. The Morgan fingerprint density at radius 3 is 2.68 bits per heavy atom. The predicted octanol–water partition coefficient (Wildman–Crippen LogP) is 1.76. The van der Waals surface area contributed by atoms with Crippen molar-refractivity contribution < 1.29 is 19.1 Å². The molecule has 1 unspecified atom stereocenters. The number of carboxylic acid groups (broad SMARTS) is 1. The summed E-state index contributed by atoms with van der Waals surface area (Å²) in [5.74, 6) is -0.244. The molecule has 19 heavy (non-hydrogen) atoms. The van der Waals surface area contributed by atoms with Crippen molar-refractivity contribution in [2.75, 3.05) is 0 Å². The molecule has 0 aromatic carbocycles. The Kier molecular flexibility index (Phi) is 5.92. The zero-order chi connectivity index (χ0) is 14.3. The van der Waals surface area contributed by atoms with Crippen LogP contribution < -0.4 is 10.6 Å². The van der Waals surface area contributed by atoms with Crippen LogP contribution in [0, 0.1) is 0 Å². The van der Waals surface area contributed by atoms with E-state index in [1.165, 1.54) is 0 Å². The highest BCUT2D eigenvalue weighted by atomic mass is 16.4. The predicted molar refractivity (Wildman–Crippen MR) is 69.9 cm³/mol. The molecule has 0 bridgehead atoms. The molecule has 1 heterocycles. The lowest BCUT2D eigenvalue weighted by molar-refractivity contribution is -0.139. The molecule has 0 fully saturated rings. The van der Waals surface area contributed by atoms with E-state index in [0.29, 0.717) is 19.3 Å². The maximum Gasteiger partial charge on any atom is 0.326 e. The maximum absolute atomic E-state index is 11.7. The summed E-state index contributed by atoms with van der Waals surface area (Å²) in [4.78, 5) is 22.6. The third-order valence-corrected chi connectivity index (χ3v) is 2.65. The van der Waals surface area contributed by atoms with Crippen LogP contribution in [-0.2, 0) is 11.2 Å². The molecule has 6 nitrogen and oxygen atoms in total. The van der Waals surface area contributed by atoms with Crippen molar-refractivity contribution in [2.45, 2.75) is 45.2 Å². The van der Waals surface area contributed by atoms with Gasteiger partial charge in [-0.3, -0.25) is 0 Å². The van der Waals surface area contributed by atoms with E-state index in [1.807, 2.05) is 19.9 Å². The van der Waals surface area contributed by atoms with Crippen molar-refractivity contribution in [3.05, 3.63) is 24.2 Å². The van der Waals surface area contributed by atoms with Gasteiger partial charge in [0.1, 0.15) is 11.8 Å². The lowest BCUT2D eigenvalue weighted by atomic mass is 10.1. The van der Waals surface area contributed by atoms with Crippen LogP contribution in [-0.4, -0.2) is 29.2 Å². The minimum Gasteiger partial charge on any atom is -0.480 e. The van der Waals surface area contributed by atoms with E-state index >= 15 is 0 Å². The number of urea groups is 1. The molecule has 0 radical (unpaired) electrons. The van der Waals surface area contributed by atoms with Gasteiger partial charge in [0.05, 0.1) is 6.26 Å². The second-order valence-electron chi connectivity index (χ2n) is 4.48. The second kappa shape index (κ2) is 7.45. The molecule has 6 heteroatoms. The van der Waals surface area contributed by atoms with Crippen molar-refractivity contribution in [1.29, 1.82) is 0 Å². The van der Waals surface area contributed by atoms with Gasteiger partial charge in [-0.05, 0) is 25.5 Å². The number of rotatable bonds is 7. The number of nitrogens with one attached hydrogen (secondary N) is 2. The number of hydrogen-bond donors (Lipinski definition) is 3. The fourth-order valence-corrected chi connectivity index (χ4v) is 1.75. The molecule has 1 aromatic rings. The van der Waals surface area contributed by atoms with E-state index < -0.39 is 18.0 Å². The first kappa shape index (κ1) is 15.1. The molecule has 0 aliphatic heterocycles. The Bertz CT molecular complexity index is 403. The highest BCUT2D eigenvalue weighted by Crippen LogP contribution is 2.04. The van der Waals surface area contributed by atoms with Crippen molar-refractivity contribution in [2.24, 2.45) is 0 Å². The first-order valence-corrected chi connectivity index (χ1v) is 6.35. The number of amides is 2. The summed E-state index contributed by atoms with van der Waals surface area (Å²) in [6, 6.07) is 2.15. The first-order valence-electron chi connectivity index (χ1n) is 6.35. The molecule has 1 rings (SSSR count). The minimum absolute atomic E-state index is 0.137. The molecular formula is C13H20N2O4. The molecule has 1 aromatic heterocycles. The Labute approximate surface area is 112 Å². The third kappa shape index (κ3) is 5.46. The molecule has 3 N–H and O–H groups in total. The number of aliphatic carboxylic acids is 1. The summed E-state index contributed by atoms with van der Waals surface area (Å²) < 4.78 is 5.18. The summed E-state index contributed by atoms with van der Waals surface area (Å²) >= 11 is 0. The second-order valence-corrected chi connectivity index (χ2v) is 4.48. The quantitative estimate of drug-likeness (QED) is 0.702. The Balaban J connectivity index is 2.38. The van der Waals surface area contributed by atoms with E-state index in [-0.39, 0.29) is 6.04 Å². The van der Waals surface area contributed by atoms with Gasteiger partial charge in [-0.15, -0.1) is 0 Å². The molecule has 0 saturated heterocycles. The van der Waals surface area contributed by atoms with E-state index in [9.17, 15) is 9.59 Å². The molecule has 2 amide bonds. The Morgan fingerprint density at radius 1 is 1.42 bits per heavy atom. The Hall–Kier alpha value is -1.98. The van der Waals surface area contributed by atoms with E-state index in [2.05, 4.69) is 10.6 Å². The van der Waals surface area contributed by atoms with Gasteiger partial charge in [0.15, 0.2) is 0 Å². The summed E-state index contributed by atoms with van der Waals surface area (Å²) in [7, 11) is 0. The zero-order valence-electron chi connectivity index (χ0n) is 11.2. The number of carbonyl (C=O) groups is 2. The van der Waals surface area contributed by atoms with Gasteiger partial charge in [-0.2, -0.15) is 0 Å². The van der Waals surface area contributed by atoms with Crippen LogP contribution in [0.4, 0.5) is 4.79 Å². The normalized spacial score (nSPS) is 13.6. The molecule has 106 valence electrons. The van der Waals surface area contributed by atoms with Crippen molar-refractivity contribution in [1.82, 2.24) is 10.6 Å². The first-order chi connectivity index (χ1) is 9.02. The van der Waals surface area contributed by atoms with Crippen LogP contribution in [0.25, 0.3) is 0 Å². The molecule has 0 spiro atoms. The van der Waals surface area contributed by atoms with Gasteiger partial charge < -0.3 is 20.2 Å². The summed E-state index contributed by atoms with van der Waals surface area (Å²) in [5, 5.41) is 14.1. The molecule has 0 aliphatic rings. The fraction of sp³-hybridized carbons (Fsp3) is 0.538. The molecule has 2 atom stereocenters. The number of furan rings is 1. The molecule has 0 saturated carbocycles. The van der Waals surface area contributed by atoms with Crippen LogP contribution >= 0.6 is 0 Å². The van der Waals surface area contributed by atoms with Crippen LogP contribution in [0.1, 0.15) is 32.4 Å². The zero-order valence-corrected chi connectivity index (χ0v) is 11.2. The van der Waals surface area contributed by atoms with E-state index in [0.717, 1.165) is 5.76 Å². The van der Waals surface area contributed by atoms with Crippen molar-refractivity contribution in [3.63, 3.8) is 0 Å². The van der Waals surface area contributed by atoms with Crippen LogP contribution in [0.3, 0.4) is 0 Å². The van der Waals surface area contributed by atoms with E-state index in [1.54, 1.807) is 12.3 Å². The summed E-state index contributed by atoms with van der Waals surface area (Å²) in [6.07, 6.45) is 3.24. The largest absolute Gasteiger partial charge is 0.480 e.